The first kappa shape index (κ1) is 19.0. The van der Waals surface area contributed by atoms with E-state index in [1.165, 1.54) is 31.4 Å². The minimum absolute atomic E-state index is 0.237. The van der Waals surface area contributed by atoms with Gasteiger partial charge in [0.25, 0.3) is 0 Å². The van der Waals surface area contributed by atoms with E-state index in [-0.39, 0.29) is 11.3 Å². The average Bonchev–Trinajstić information content (AvgIpc) is 3.50. The Bertz CT molecular complexity index is 1130. The van der Waals surface area contributed by atoms with Crippen LogP contribution in [0, 0.1) is 10.6 Å². The van der Waals surface area contributed by atoms with E-state index in [4.69, 9.17) is 21.7 Å². The Balaban J connectivity index is 1.54. The van der Waals surface area contributed by atoms with Gasteiger partial charge in [0.2, 0.25) is 4.77 Å². The zero-order chi connectivity index (χ0) is 20.4. The Morgan fingerprint density at radius 1 is 1.28 bits per heavy atom. The van der Waals surface area contributed by atoms with Crippen LogP contribution < -0.4 is 9.47 Å². The van der Waals surface area contributed by atoms with Gasteiger partial charge in [0, 0.05) is 5.92 Å². The van der Waals surface area contributed by atoms with Crippen molar-refractivity contribution in [3.05, 3.63) is 70.0 Å². The quantitative estimate of drug-likeness (QED) is 0.286. The van der Waals surface area contributed by atoms with Crippen LogP contribution in [0.5, 0.6) is 11.5 Å². The molecule has 1 saturated carbocycles. The Kier molecular flexibility index (Phi) is 5.22. The molecule has 1 aliphatic carbocycles. The topological polar surface area (TPSA) is 81.5 Å². The van der Waals surface area contributed by atoms with Crippen LogP contribution in [0.15, 0.2) is 47.6 Å². The molecule has 9 heteroatoms. The van der Waals surface area contributed by atoms with Crippen LogP contribution in [-0.4, -0.2) is 34.2 Å². The number of nitrogens with one attached hydrogen (secondary N) is 1. The van der Waals surface area contributed by atoms with Crippen LogP contribution in [0.4, 0.5) is 4.39 Å². The summed E-state index contributed by atoms with van der Waals surface area (Å²) < 4.78 is 25.8. The molecule has 0 amide bonds. The number of benzene rings is 2. The van der Waals surface area contributed by atoms with Gasteiger partial charge in [-0.2, -0.15) is 14.9 Å². The molecule has 0 unspecified atom stereocenters. The van der Waals surface area contributed by atoms with Gasteiger partial charge in [-0.1, -0.05) is 0 Å². The van der Waals surface area contributed by atoms with Crippen LogP contribution in [0.2, 0.25) is 0 Å². The van der Waals surface area contributed by atoms with Crippen molar-refractivity contribution in [1.82, 2.24) is 14.9 Å². The van der Waals surface area contributed by atoms with Gasteiger partial charge in [0.05, 0.1) is 18.9 Å². The number of hydrogen-bond donors (Lipinski definition) is 1. The number of ether oxygens (including phenoxy) is 2. The van der Waals surface area contributed by atoms with Crippen LogP contribution in [-0.2, 0) is 0 Å². The molecule has 29 heavy (non-hydrogen) atoms. The van der Waals surface area contributed by atoms with Crippen molar-refractivity contribution in [3.8, 4) is 11.5 Å². The molecule has 1 heterocycles. The third-order valence-electron chi connectivity index (χ3n) is 4.41. The van der Waals surface area contributed by atoms with Crippen molar-refractivity contribution in [2.75, 3.05) is 7.11 Å². The first-order valence-electron chi connectivity index (χ1n) is 8.92. The molecule has 1 aliphatic rings. The molecule has 7 nitrogen and oxygen atoms in total. The summed E-state index contributed by atoms with van der Waals surface area (Å²) in [5, 5.41) is 11.4. The smallest absolute Gasteiger partial charge is 0.343 e. The number of carbonyl (C=O) groups is 1. The van der Waals surface area contributed by atoms with Crippen molar-refractivity contribution in [2.45, 2.75) is 18.8 Å². The fourth-order valence-corrected chi connectivity index (χ4v) is 2.93. The number of esters is 1. The summed E-state index contributed by atoms with van der Waals surface area (Å²) in [6.07, 6.45) is 3.79. The number of carbonyl (C=O) groups excluding carboxylic acids is 1. The van der Waals surface area contributed by atoms with Crippen LogP contribution >= 0.6 is 12.2 Å². The summed E-state index contributed by atoms with van der Waals surface area (Å²) in [5.74, 6) is 0.792. The zero-order valence-electron chi connectivity index (χ0n) is 15.5. The van der Waals surface area contributed by atoms with E-state index in [2.05, 4.69) is 15.3 Å². The van der Waals surface area contributed by atoms with E-state index in [9.17, 15) is 9.18 Å². The lowest BCUT2D eigenvalue weighted by Gasteiger charge is -2.10. The van der Waals surface area contributed by atoms with Gasteiger partial charge < -0.3 is 9.47 Å². The second-order valence-electron chi connectivity index (χ2n) is 6.52. The third-order valence-corrected chi connectivity index (χ3v) is 4.67. The number of rotatable bonds is 6. The molecule has 2 aromatic carbocycles. The molecule has 1 N–H and O–H groups in total. The van der Waals surface area contributed by atoms with Gasteiger partial charge in [0.1, 0.15) is 5.82 Å². The number of nitrogens with zero attached hydrogens (tertiary/aromatic N) is 3. The van der Waals surface area contributed by atoms with Crippen molar-refractivity contribution < 1.29 is 18.7 Å². The molecule has 1 aromatic heterocycles. The van der Waals surface area contributed by atoms with E-state index in [1.54, 1.807) is 29.1 Å². The molecule has 148 valence electrons. The molecule has 0 saturated heterocycles. The highest BCUT2D eigenvalue weighted by molar-refractivity contribution is 7.71. The number of H-pyrrole nitrogens is 1. The molecular weight excluding hydrogens is 395 g/mol. The van der Waals surface area contributed by atoms with Gasteiger partial charge in [-0.25, -0.2) is 9.18 Å². The lowest BCUT2D eigenvalue weighted by molar-refractivity contribution is 0.0729. The second-order valence-corrected chi connectivity index (χ2v) is 6.91. The van der Waals surface area contributed by atoms with Gasteiger partial charge >= 0.3 is 5.97 Å². The van der Waals surface area contributed by atoms with Crippen molar-refractivity contribution in [3.63, 3.8) is 0 Å². The van der Waals surface area contributed by atoms with Crippen molar-refractivity contribution in [2.24, 2.45) is 5.10 Å². The normalized spacial score (nSPS) is 13.6. The molecular formula is C20H17FN4O3S. The largest absolute Gasteiger partial charge is 0.493 e. The summed E-state index contributed by atoms with van der Waals surface area (Å²) in [4.78, 5) is 12.3. The minimum atomic E-state index is -0.608. The van der Waals surface area contributed by atoms with Gasteiger partial charge in [0.15, 0.2) is 17.3 Å². The predicted molar refractivity (Wildman–Crippen MR) is 107 cm³/mol. The Morgan fingerprint density at radius 3 is 2.72 bits per heavy atom. The highest BCUT2D eigenvalue weighted by Crippen LogP contribution is 2.38. The van der Waals surface area contributed by atoms with Crippen LogP contribution in [0.1, 0.15) is 40.5 Å². The lowest BCUT2D eigenvalue weighted by Crippen LogP contribution is -2.09. The maximum atomic E-state index is 13.0. The van der Waals surface area contributed by atoms with Crippen molar-refractivity contribution >= 4 is 24.4 Å². The number of hydrogen-bond acceptors (Lipinski definition) is 6. The molecule has 0 radical (unpaired) electrons. The zero-order valence-corrected chi connectivity index (χ0v) is 16.3. The third kappa shape index (κ3) is 4.24. The Morgan fingerprint density at radius 2 is 2.03 bits per heavy atom. The van der Waals surface area contributed by atoms with Gasteiger partial charge in [-0.05, 0) is 73.1 Å². The molecule has 1 fully saturated rings. The minimum Gasteiger partial charge on any atom is -0.493 e. The summed E-state index contributed by atoms with van der Waals surface area (Å²) >= 11 is 5.23. The maximum absolute atomic E-state index is 13.0. The van der Waals surface area contributed by atoms with E-state index in [0.717, 1.165) is 24.2 Å². The molecule has 3 aromatic rings. The van der Waals surface area contributed by atoms with Gasteiger partial charge in [-0.3, -0.25) is 5.10 Å². The monoisotopic (exact) mass is 412 g/mol. The van der Waals surface area contributed by atoms with E-state index < -0.39 is 11.8 Å². The van der Waals surface area contributed by atoms with E-state index in [0.29, 0.717) is 16.4 Å². The number of aromatic amines is 1. The van der Waals surface area contributed by atoms with Gasteiger partial charge in [-0.15, -0.1) is 0 Å². The van der Waals surface area contributed by atoms with Crippen molar-refractivity contribution in [1.29, 1.82) is 0 Å². The number of aromatic nitrogens is 3. The first-order chi connectivity index (χ1) is 14.0. The Hall–Kier alpha value is -3.33. The fourth-order valence-electron chi connectivity index (χ4n) is 2.74. The van der Waals surface area contributed by atoms with E-state index in [1.807, 2.05) is 0 Å². The summed E-state index contributed by atoms with van der Waals surface area (Å²) in [7, 11) is 1.48. The molecule has 0 spiro atoms. The predicted octanol–water partition coefficient (Wildman–Crippen LogP) is 4.07. The number of halogens is 1. The average molecular weight is 412 g/mol. The highest BCUT2D eigenvalue weighted by atomic mass is 32.1. The standard InChI is InChI=1S/C20H17FN4O3S/c1-27-17-10-12(11-22-25-18(13-3-4-13)23-24-20(25)29)2-9-16(17)28-19(26)14-5-7-15(21)8-6-14/h2,5-11,13H,3-4H2,1H3,(H,24,29)/b22-11-. The maximum Gasteiger partial charge on any atom is 0.343 e. The molecule has 0 atom stereocenters. The number of methoxy groups -OCH3 is 1. The lowest BCUT2D eigenvalue weighted by atomic mass is 10.2. The SMILES string of the molecule is COc1cc(/C=N\n2c(C3CC3)n[nH]c2=S)ccc1OC(=O)c1ccc(F)cc1. The first-order valence-corrected chi connectivity index (χ1v) is 9.33. The molecule has 4 rings (SSSR count). The second kappa shape index (κ2) is 7.96. The summed E-state index contributed by atoms with van der Waals surface area (Å²) in [5.41, 5.74) is 0.967. The van der Waals surface area contributed by atoms with E-state index >= 15 is 0 Å². The van der Waals surface area contributed by atoms with Crippen LogP contribution in [0.3, 0.4) is 0 Å². The Labute approximate surface area is 170 Å². The summed E-state index contributed by atoms with van der Waals surface area (Å²) in [6, 6.07) is 10.2. The summed E-state index contributed by atoms with van der Waals surface area (Å²) in [6.45, 7) is 0. The molecule has 0 bridgehead atoms. The highest BCUT2D eigenvalue weighted by Gasteiger charge is 2.29. The van der Waals surface area contributed by atoms with Crippen LogP contribution in [0.25, 0.3) is 0 Å². The molecule has 0 aliphatic heterocycles. The fraction of sp³-hybridized carbons (Fsp3) is 0.200.